The highest BCUT2D eigenvalue weighted by molar-refractivity contribution is 9.10. The van der Waals surface area contributed by atoms with E-state index < -0.39 is 0 Å². The minimum atomic E-state index is 0.239. The highest BCUT2D eigenvalue weighted by atomic mass is 79.9. The predicted octanol–water partition coefficient (Wildman–Crippen LogP) is 4.43. The maximum Gasteiger partial charge on any atom is 0.0175 e. The zero-order chi connectivity index (χ0) is 13.9. The van der Waals surface area contributed by atoms with Gasteiger partial charge in [-0.15, -0.1) is 11.8 Å². The van der Waals surface area contributed by atoms with Crippen molar-refractivity contribution in [1.82, 2.24) is 0 Å². The van der Waals surface area contributed by atoms with Crippen LogP contribution in [0.15, 0.2) is 57.9 Å². The molecule has 1 heterocycles. The lowest BCUT2D eigenvalue weighted by atomic mass is 10.00. The van der Waals surface area contributed by atoms with Crippen molar-refractivity contribution in [2.45, 2.75) is 35.4 Å². The lowest BCUT2D eigenvalue weighted by molar-refractivity contribution is 0.594. The molecule has 0 aromatic heterocycles. The molecule has 0 fully saturated rings. The van der Waals surface area contributed by atoms with Crippen LogP contribution in [0.2, 0.25) is 0 Å². The third kappa shape index (κ3) is 3.46. The number of thioether (sulfide) groups is 1. The fourth-order valence-corrected chi connectivity index (χ4v) is 4.42. The summed E-state index contributed by atoms with van der Waals surface area (Å²) in [5.74, 6) is 0. The van der Waals surface area contributed by atoms with E-state index in [0.717, 1.165) is 23.7 Å². The number of rotatable bonds is 4. The predicted molar refractivity (Wildman–Crippen MR) is 90.2 cm³/mol. The molecule has 2 unspecified atom stereocenters. The molecule has 0 saturated carbocycles. The van der Waals surface area contributed by atoms with Gasteiger partial charge in [0.2, 0.25) is 0 Å². The molecule has 104 valence electrons. The molecular formula is C17H18BrNS. The van der Waals surface area contributed by atoms with Crippen molar-refractivity contribution in [3.05, 3.63) is 64.1 Å². The Balaban J connectivity index is 1.55. The molecule has 1 aliphatic rings. The SMILES string of the molecule is NC(Cc1ccc(Br)cc1)CC1Cc2ccccc2S1. The summed E-state index contributed by atoms with van der Waals surface area (Å²) < 4.78 is 1.12. The van der Waals surface area contributed by atoms with E-state index in [4.69, 9.17) is 5.73 Å². The van der Waals surface area contributed by atoms with E-state index >= 15 is 0 Å². The highest BCUT2D eigenvalue weighted by Gasteiger charge is 2.23. The maximum absolute atomic E-state index is 6.33. The van der Waals surface area contributed by atoms with E-state index in [1.807, 2.05) is 11.8 Å². The van der Waals surface area contributed by atoms with Crippen molar-refractivity contribution in [3.8, 4) is 0 Å². The van der Waals surface area contributed by atoms with Gasteiger partial charge < -0.3 is 5.73 Å². The van der Waals surface area contributed by atoms with Gasteiger partial charge in [-0.25, -0.2) is 0 Å². The summed E-state index contributed by atoms with van der Waals surface area (Å²) in [5, 5.41) is 0.637. The average Bonchev–Trinajstić information content (AvgIpc) is 2.83. The number of halogens is 1. The van der Waals surface area contributed by atoms with Crippen molar-refractivity contribution in [2.24, 2.45) is 5.73 Å². The lowest BCUT2D eigenvalue weighted by Crippen LogP contribution is -2.27. The Kier molecular flexibility index (Phi) is 4.49. The van der Waals surface area contributed by atoms with Crippen molar-refractivity contribution < 1.29 is 0 Å². The number of benzene rings is 2. The second-order valence-electron chi connectivity index (χ2n) is 5.38. The molecule has 2 aromatic carbocycles. The monoisotopic (exact) mass is 347 g/mol. The molecule has 20 heavy (non-hydrogen) atoms. The Morgan fingerprint density at radius 2 is 1.90 bits per heavy atom. The van der Waals surface area contributed by atoms with Crippen LogP contribution in [-0.4, -0.2) is 11.3 Å². The van der Waals surface area contributed by atoms with E-state index in [0.29, 0.717) is 5.25 Å². The molecule has 1 aliphatic heterocycles. The number of hydrogen-bond donors (Lipinski definition) is 1. The summed E-state index contributed by atoms with van der Waals surface area (Å²) in [6.07, 6.45) is 3.20. The van der Waals surface area contributed by atoms with Crippen molar-refractivity contribution >= 4 is 27.7 Å². The van der Waals surface area contributed by atoms with Gasteiger partial charge in [0.25, 0.3) is 0 Å². The molecule has 0 bridgehead atoms. The minimum Gasteiger partial charge on any atom is -0.327 e. The van der Waals surface area contributed by atoms with Gasteiger partial charge in [0.15, 0.2) is 0 Å². The van der Waals surface area contributed by atoms with Gasteiger partial charge in [0.05, 0.1) is 0 Å². The Hall–Kier alpha value is -0.770. The molecule has 1 nitrogen and oxygen atoms in total. The second-order valence-corrected chi connectivity index (χ2v) is 7.64. The van der Waals surface area contributed by atoms with Gasteiger partial charge in [-0.2, -0.15) is 0 Å². The van der Waals surface area contributed by atoms with E-state index in [-0.39, 0.29) is 6.04 Å². The topological polar surface area (TPSA) is 26.0 Å². The van der Waals surface area contributed by atoms with Crippen LogP contribution >= 0.6 is 27.7 Å². The van der Waals surface area contributed by atoms with Crippen LogP contribution in [0.3, 0.4) is 0 Å². The standard InChI is InChI=1S/C17H18BrNS/c18-14-7-5-12(6-8-14)9-15(19)11-16-10-13-3-1-2-4-17(13)20-16/h1-8,15-16H,9-11,19H2. The van der Waals surface area contributed by atoms with Gasteiger partial charge in [-0.05, 0) is 48.6 Å². The Morgan fingerprint density at radius 3 is 2.65 bits per heavy atom. The number of hydrogen-bond acceptors (Lipinski definition) is 2. The molecule has 0 spiro atoms. The smallest absolute Gasteiger partial charge is 0.0175 e. The van der Waals surface area contributed by atoms with Crippen LogP contribution in [0.25, 0.3) is 0 Å². The third-order valence-corrected chi connectivity index (χ3v) is 5.56. The van der Waals surface area contributed by atoms with E-state index in [9.17, 15) is 0 Å². The molecule has 2 atom stereocenters. The molecule has 2 aromatic rings. The van der Waals surface area contributed by atoms with Gasteiger partial charge in [0.1, 0.15) is 0 Å². The summed E-state index contributed by atoms with van der Waals surface area (Å²) >= 11 is 5.45. The first-order valence-electron chi connectivity index (χ1n) is 6.95. The average molecular weight is 348 g/mol. The van der Waals surface area contributed by atoms with Crippen LogP contribution in [0.1, 0.15) is 17.5 Å². The van der Waals surface area contributed by atoms with Crippen molar-refractivity contribution in [2.75, 3.05) is 0 Å². The minimum absolute atomic E-state index is 0.239. The van der Waals surface area contributed by atoms with Gasteiger partial charge in [-0.1, -0.05) is 46.3 Å². The largest absolute Gasteiger partial charge is 0.327 e. The fourth-order valence-electron chi connectivity index (χ4n) is 2.73. The molecule has 0 aliphatic carbocycles. The van der Waals surface area contributed by atoms with Crippen molar-refractivity contribution in [3.63, 3.8) is 0 Å². The van der Waals surface area contributed by atoms with Crippen LogP contribution in [0, 0.1) is 0 Å². The van der Waals surface area contributed by atoms with E-state index in [2.05, 4.69) is 64.5 Å². The molecule has 0 amide bonds. The third-order valence-electron chi connectivity index (χ3n) is 3.69. The van der Waals surface area contributed by atoms with Crippen LogP contribution in [0.5, 0.6) is 0 Å². The molecule has 0 saturated heterocycles. The van der Waals surface area contributed by atoms with Crippen LogP contribution < -0.4 is 5.73 Å². The van der Waals surface area contributed by atoms with Gasteiger partial charge >= 0.3 is 0 Å². The van der Waals surface area contributed by atoms with E-state index in [1.54, 1.807) is 0 Å². The summed E-state index contributed by atoms with van der Waals surface area (Å²) in [4.78, 5) is 1.44. The second kappa shape index (κ2) is 6.33. The Bertz CT molecular complexity index is 557. The summed E-state index contributed by atoms with van der Waals surface area (Å²) in [7, 11) is 0. The molecular weight excluding hydrogens is 330 g/mol. The Labute approximate surface area is 133 Å². The Morgan fingerprint density at radius 1 is 1.15 bits per heavy atom. The summed E-state index contributed by atoms with van der Waals surface area (Å²) in [6.45, 7) is 0. The highest BCUT2D eigenvalue weighted by Crippen LogP contribution is 2.38. The molecule has 3 heteroatoms. The van der Waals surface area contributed by atoms with E-state index in [1.165, 1.54) is 16.0 Å². The maximum atomic E-state index is 6.33. The molecule has 0 radical (unpaired) electrons. The molecule has 3 rings (SSSR count). The summed E-state index contributed by atoms with van der Waals surface area (Å²) in [5.41, 5.74) is 9.14. The van der Waals surface area contributed by atoms with Crippen LogP contribution in [-0.2, 0) is 12.8 Å². The first kappa shape index (κ1) is 14.2. The molecule has 2 N–H and O–H groups in total. The van der Waals surface area contributed by atoms with Crippen molar-refractivity contribution in [1.29, 1.82) is 0 Å². The summed E-state index contributed by atoms with van der Waals surface area (Å²) in [6, 6.07) is 17.4. The first-order chi connectivity index (χ1) is 9.70. The quantitative estimate of drug-likeness (QED) is 0.885. The normalized spacial score (nSPS) is 18.8. The first-order valence-corrected chi connectivity index (χ1v) is 8.62. The van der Waals surface area contributed by atoms with Gasteiger partial charge in [-0.3, -0.25) is 0 Å². The lowest BCUT2D eigenvalue weighted by Gasteiger charge is -2.16. The zero-order valence-corrected chi connectivity index (χ0v) is 13.7. The van der Waals surface area contributed by atoms with Crippen LogP contribution in [0.4, 0.5) is 0 Å². The number of fused-ring (bicyclic) bond motifs is 1. The number of nitrogens with two attached hydrogens (primary N) is 1. The van der Waals surface area contributed by atoms with Gasteiger partial charge in [0, 0.05) is 20.7 Å². The fraction of sp³-hybridized carbons (Fsp3) is 0.294. The zero-order valence-electron chi connectivity index (χ0n) is 11.3.